The number of hydrogen-bond acceptors (Lipinski definition) is 5. The number of rotatable bonds is 5. The molecule has 0 aromatic carbocycles. The van der Waals surface area contributed by atoms with E-state index in [9.17, 15) is 14.7 Å². The Hall–Kier alpha value is -2.55. The molecular weight excluding hydrogens is 390 g/mol. The van der Waals surface area contributed by atoms with Crippen LogP contribution in [-0.2, 0) is 6.54 Å². The van der Waals surface area contributed by atoms with Gasteiger partial charge in [0.15, 0.2) is 0 Å². The molecule has 3 N–H and O–H groups in total. The maximum atomic E-state index is 12.9. The smallest absolute Gasteiger partial charge is 0.328 e. The normalized spacial score (nSPS) is 15.8. The molecule has 0 atom stereocenters. The second kappa shape index (κ2) is 7.37. The van der Waals surface area contributed by atoms with Gasteiger partial charge in [-0.05, 0) is 39.7 Å². The maximum Gasteiger partial charge on any atom is 0.328 e. The summed E-state index contributed by atoms with van der Waals surface area (Å²) in [6.07, 6.45) is 7.25. The second-order valence-electron chi connectivity index (χ2n) is 8.53. The Morgan fingerprint density at radius 1 is 1.38 bits per heavy atom. The van der Waals surface area contributed by atoms with Gasteiger partial charge in [-0.2, -0.15) is 5.10 Å². The van der Waals surface area contributed by atoms with Crippen LogP contribution in [0.2, 0.25) is 0 Å². The van der Waals surface area contributed by atoms with Crippen LogP contribution in [0, 0.1) is 6.92 Å². The largest absolute Gasteiger partial charge is 0.493 e. The number of thiophene rings is 1. The Morgan fingerprint density at radius 2 is 2.10 bits per heavy atom. The lowest BCUT2D eigenvalue weighted by Crippen LogP contribution is -2.47. The van der Waals surface area contributed by atoms with Crippen LogP contribution in [-0.4, -0.2) is 35.9 Å². The zero-order valence-electron chi connectivity index (χ0n) is 17.0. The predicted molar refractivity (Wildman–Crippen MR) is 113 cm³/mol. The van der Waals surface area contributed by atoms with E-state index in [4.69, 9.17) is 5.10 Å². The molecule has 29 heavy (non-hydrogen) atoms. The quantitative estimate of drug-likeness (QED) is 0.592. The maximum absolute atomic E-state index is 12.9. The number of fused-ring (bicyclic) bond motifs is 1. The third-order valence-corrected chi connectivity index (χ3v) is 6.69. The highest BCUT2D eigenvalue weighted by Crippen LogP contribution is 2.35. The molecule has 1 amide bonds. The zero-order valence-corrected chi connectivity index (χ0v) is 17.8. The first-order valence-corrected chi connectivity index (χ1v) is 10.9. The summed E-state index contributed by atoms with van der Waals surface area (Å²) in [6.45, 7) is 5.80. The van der Waals surface area contributed by atoms with Gasteiger partial charge in [0.05, 0.1) is 34.9 Å². The summed E-state index contributed by atoms with van der Waals surface area (Å²) < 4.78 is 3.32. The minimum absolute atomic E-state index is 0.151. The summed E-state index contributed by atoms with van der Waals surface area (Å²) in [4.78, 5) is 28.9. The fraction of sp³-hybridized carbons (Fsp3) is 0.550. The van der Waals surface area contributed by atoms with Gasteiger partial charge < -0.3 is 15.4 Å². The highest BCUT2D eigenvalue weighted by molar-refractivity contribution is 7.20. The lowest BCUT2D eigenvalue weighted by atomic mass is 9.96. The molecule has 3 aromatic rings. The van der Waals surface area contributed by atoms with Gasteiger partial charge in [-0.15, -0.1) is 11.3 Å². The Morgan fingerprint density at radius 3 is 2.76 bits per heavy atom. The number of imidazole rings is 1. The Balaban J connectivity index is 1.56. The van der Waals surface area contributed by atoms with Crippen molar-refractivity contribution in [2.45, 2.75) is 71.0 Å². The lowest BCUT2D eigenvalue weighted by molar-refractivity contribution is 0.0907. The van der Waals surface area contributed by atoms with Crippen molar-refractivity contribution in [3.63, 3.8) is 0 Å². The van der Waals surface area contributed by atoms with Crippen LogP contribution >= 0.6 is 11.3 Å². The van der Waals surface area contributed by atoms with Gasteiger partial charge in [0.2, 0.25) is 5.88 Å². The van der Waals surface area contributed by atoms with Crippen molar-refractivity contribution in [3.05, 3.63) is 33.3 Å². The van der Waals surface area contributed by atoms with Crippen molar-refractivity contribution in [3.8, 4) is 5.88 Å². The van der Waals surface area contributed by atoms with Gasteiger partial charge in [0.25, 0.3) is 5.91 Å². The molecule has 0 aliphatic heterocycles. The summed E-state index contributed by atoms with van der Waals surface area (Å²) in [5, 5.41) is 18.6. The number of aromatic nitrogens is 4. The average Bonchev–Trinajstić information content (AvgIpc) is 3.33. The molecule has 0 saturated heterocycles. The van der Waals surface area contributed by atoms with Crippen LogP contribution in [0.25, 0.3) is 10.2 Å². The molecule has 156 valence electrons. The fourth-order valence-electron chi connectivity index (χ4n) is 4.10. The standard InChI is InChI=1S/C20H27N5O3S/c1-12-14-9-15(29-18(14)25(23-12)13-7-5-4-6-8-13)17(27)22-20(2,3)11-24-16(26)10-21-19(24)28/h9-10,13,26H,4-8,11H2,1-3H3,(H,21,28)(H,22,27). The Labute approximate surface area is 172 Å². The molecular formula is C20H27N5O3S. The topological polar surface area (TPSA) is 105 Å². The lowest BCUT2D eigenvalue weighted by Gasteiger charge is -2.26. The predicted octanol–water partition coefficient (Wildman–Crippen LogP) is 3.32. The van der Waals surface area contributed by atoms with Crippen molar-refractivity contribution in [2.75, 3.05) is 0 Å². The number of carbonyl (C=O) groups is 1. The first-order chi connectivity index (χ1) is 13.7. The zero-order chi connectivity index (χ0) is 20.8. The second-order valence-corrected chi connectivity index (χ2v) is 9.56. The molecule has 3 heterocycles. The first-order valence-electron chi connectivity index (χ1n) is 10.0. The molecule has 3 aromatic heterocycles. The number of aromatic amines is 1. The molecule has 9 heteroatoms. The van der Waals surface area contributed by atoms with Crippen molar-refractivity contribution in [1.29, 1.82) is 0 Å². The van der Waals surface area contributed by atoms with Crippen LogP contribution < -0.4 is 11.0 Å². The Bertz CT molecular complexity index is 1100. The highest BCUT2D eigenvalue weighted by atomic mass is 32.1. The summed E-state index contributed by atoms with van der Waals surface area (Å²) in [7, 11) is 0. The average molecular weight is 418 g/mol. The molecule has 4 rings (SSSR count). The van der Waals surface area contributed by atoms with E-state index in [2.05, 4.69) is 15.0 Å². The molecule has 0 spiro atoms. The fourth-order valence-corrected chi connectivity index (χ4v) is 5.23. The molecule has 1 aliphatic carbocycles. The van der Waals surface area contributed by atoms with Gasteiger partial charge >= 0.3 is 5.69 Å². The molecule has 1 saturated carbocycles. The van der Waals surface area contributed by atoms with Crippen molar-refractivity contribution in [2.24, 2.45) is 0 Å². The van der Waals surface area contributed by atoms with E-state index >= 15 is 0 Å². The number of carbonyl (C=O) groups excluding carboxylic acids is 1. The number of aromatic hydroxyl groups is 1. The van der Waals surface area contributed by atoms with E-state index in [1.807, 2.05) is 26.8 Å². The summed E-state index contributed by atoms with van der Waals surface area (Å²) in [6, 6.07) is 2.32. The van der Waals surface area contributed by atoms with Crippen LogP contribution in [0.5, 0.6) is 5.88 Å². The third-order valence-electron chi connectivity index (χ3n) is 5.56. The van der Waals surface area contributed by atoms with E-state index in [0.29, 0.717) is 10.9 Å². The molecule has 0 radical (unpaired) electrons. The summed E-state index contributed by atoms with van der Waals surface area (Å²) >= 11 is 1.47. The van der Waals surface area contributed by atoms with Crippen LogP contribution in [0.1, 0.15) is 67.4 Å². The first kappa shape index (κ1) is 19.8. The number of amides is 1. The van der Waals surface area contributed by atoms with Crippen LogP contribution in [0.15, 0.2) is 17.1 Å². The monoisotopic (exact) mass is 417 g/mol. The van der Waals surface area contributed by atoms with Crippen LogP contribution in [0.3, 0.4) is 0 Å². The minimum atomic E-state index is -0.721. The van der Waals surface area contributed by atoms with E-state index < -0.39 is 11.2 Å². The van der Waals surface area contributed by atoms with Gasteiger partial charge in [-0.3, -0.25) is 14.0 Å². The van der Waals surface area contributed by atoms with Gasteiger partial charge in [-0.25, -0.2) is 4.79 Å². The molecule has 8 nitrogen and oxygen atoms in total. The van der Waals surface area contributed by atoms with E-state index in [-0.39, 0.29) is 18.3 Å². The number of H-pyrrole nitrogens is 1. The van der Waals surface area contributed by atoms with Crippen molar-refractivity contribution >= 4 is 27.5 Å². The Kier molecular flexibility index (Phi) is 5.02. The summed E-state index contributed by atoms with van der Waals surface area (Å²) in [5.74, 6) is -0.337. The van der Waals surface area contributed by atoms with Crippen molar-refractivity contribution in [1.82, 2.24) is 24.6 Å². The van der Waals surface area contributed by atoms with Gasteiger partial charge in [-0.1, -0.05) is 19.3 Å². The van der Waals surface area contributed by atoms with E-state index in [1.54, 1.807) is 0 Å². The SMILES string of the molecule is Cc1nn(C2CCCCC2)c2sc(C(=O)NC(C)(C)Cn3c(O)c[nH]c3=O)cc12. The number of hydrogen-bond donors (Lipinski definition) is 3. The van der Waals surface area contributed by atoms with Gasteiger partial charge in [0, 0.05) is 5.39 Å². The molecule has 1 fully saturated rings. The van der Waals surface area contributed by atoms with Crippen molar-refractivity contribution < 1.29 is 9.90 Å². The number of nitrogens with zero attached hydrogens (tertiary/aromatic N) is 3. The summed E-state index contributed by atoms with van der Waals surface area (Å²) in [5.41, 5.74) is -0.180. The van der Waals surface area contributed by atoms with E-state index in [0.717, 1.165) is 28.8 Å². The number of aryl methyl sites for hydroxylation is 1. The highest BCUT2D eigenvalue weighted by Gasteiger charge is 2.27. The van der Waals surface area contributed by atoms with E-state index in [1.165, 1.54) is 41.4 Å². The van der Waals surface area contributed by atoms with Crippen LogP contribution in [0.4, 0.5) is 0 Å². The third kappa shape index (κ3) is 3.83. The number of nitrogens with one attached hydrogen (secondary N) is 2. The van der Waals surface area contributed by atoms with Gasteiger partial charge in [0.1, 0.15) is 4.83 Å². The molecule has 0 bridgehead atoms. The minimum Gasteiger partial charge on any atom is -0.493 e. The molecule has 1 aliphatic rings. The molecule has 0 unspecified atom stereocenters.